The van der Waals surface area contributed by atoms with Crippen molar-refractivity contribution < 1.29 is 10.2 Å². The fourth-order valence-electron chi connectivity index (χ4n) is 2.28. The van der Waals surface area contributed by atoms with Crippen molar-refractivity contribution in [3.05, 3.63) is 65.4 Å². The first kappa shape index (κ1) is 31.5. The SMILES string of the molecule is Cl.Cl.OCC(NCc1cc(Br)cc(Br)c1)SSC(CO)NCc1cc(Br)cc(Br)c1. The average molecular weight is 753 g/mol. The molecule has 12 heteroatoms. The van der Waals surface area contributed by atoms with Gasteiger partial charge >= 0.3 is 0 Å². The van der Waals surface area contributed by atoms with Crippen molar-refractivity contribution >= 4 is 110 Å². The lowest BCUT2D eigenvalue weighted by atomic mass is 10.2. The summed E-state index contributed by atoms with van der Waals surface area (Å²) in [4.78, 5) is 0. The molecule has 0 bridgehead atoms. The highest BCUT2D eigenvalue weighted by atomic mass is 79.9. The summed E-state index contributed by atoms with van der Waals surface area (Å²) in [5, 5.41) is 25.7. The van der Waals surface area contributed by atoms with Crippen molar-refractivity contribution in [2.24, 2.45) is 0 Å². The Morgan fingerprint density at radius 3 is 1.20 bits per heavy atom. The summed E-state index contributed by atoms with van der Waals surface area (Å²) >= 11 is 13.9. The Balaban J connectivity index is 0.00000420. The van der Waals surface area contributed by atoms with Gasteiger partial charge in [-0.15, -0.1) is 24.8 Å². The molecule has 0 aliphatic rings. The zero-order chi connectivity index (χ0) is 20.5. The summed E-state index contributed by atoms with van der Waals surface area (Å²) in [7, 11) is 3.03. The molecule has 0 radical (unpaired) electrons. The maximum absolute atomic E-state index is 9.66. The second kappa shape index (κ2) is 17.0. The number of rotatable bonds is 11. The summed E-state index contributed by atoms with van der Waals surface area (Å²) in [6.07, 6.45) is 0. The van der Waals surface area contributed by atoms with Crippen LogP contribution in [0.2, 0.25) is 0 Å². The van der Waals surface area contributed by atoms with Crippen LogP contribution >= 0.6 is 110 Å². The zero-order valence-electron chi connectivity index (χ0n) is 15.5. The lowest BCUT2D eigenvalue weighted by molar-refractivity contribution is 0.278. The smallest absolute Gasteiger partial charge is 0.0874 e. The molecule has 0 heterocycles. The lowest BCUT2D eigenvalue weighted by Gasteiger charge is -2.20. The highest BCUT2D eigenvalue weighted by Crippen LogP contribution is 2.30. The molecule has 4 N–H and O–H groups in total. The molecule has 0 aliphatic heterocycles. The second-order valence-corrected chi connectivity index (χ2v) is 12.2. The van der Waals surface area contributed by atoms with Gasteiger partial charge in [0.1, 0.15) is 0 Å². The quantitative estimate of drug-likeness (QED) is 0.156. The molecule has 2 aromatic carbocycles. The summed E-state index contributed by atoms with van der Waals surface area (Å²) in [6, 6.07) is 12.1. The Morgan fingerprint density at radius 1 is 0.633 bits per heavy atom. The van der Waals surface area contributed by atoms with Crippen LogP contribution in [0.3, 0.4) is 0 Å². The highest BCUT2D eigenvalue weighted by Gasteiger charge is 2.14. The molecule has 0 saturated heterocycles. The molecule has 170 valence electrons. The van der Waals surface area contributed by atoms with Gasteiger partial charge in [0.2, 0.25) is 0 Å². The van der Waals surface area contributed by atoms with Gasteiger partial charge in [0, 0.05) is 31.0 Å². The van der Waals surface area contributed by atoms with Gasteiger partial charge in [0.25, 0.3) is 0 Å². The van der Waals surface area contributed by atoms with E-state index in [9.17, 15) is 10.2 Å². The van der Waals surface area contributed by atoms with Crippen LogP contribution in [-0.4, -0.2) is 34.2 Å². The molecule has 0 aromatic heterocycles. The van der Waals surface area contributed by atoms with Crippen molar-refractivity contribution in [3.8, 4) is 0 Å². The Bertz CT molecular complexity index is 677. The molecule has 2 unspecified atom stereocenters. The fraction of sp³-hybridized carbons (Fsp3) is 0.333. The molecule has 2 rings (SSSR count). The zero-order valence-corrected chi connectivity index (χ0v) is 25.1. The van der Waals surface area contributed by atoms with Crippen LogP contribution in [0.25, 0.3) is 0 Å². The van der Waals surface area contributed by atoms with Crippen LogP contribution in [0.4, 0.5) is 0 Å². The molecule has 2 atom stereocenters. The van der Waals surface area contributed by atoms with Crippen LogP contribution in [0, 0.1) is 0 Å². The van der Waals surface area contributed by atoms with Crippen LogP contribution in [0.1, 0.15) is 11.1 Å². The van der Waals surface area contributed by atoms with Gasteiger partial charge in [-0.1, -0.05) is 85.3 Å². The van der Waals surface area contributed by atoms with Gasteiger partial charge in [-0.25, -0.2) is 0 Å². The normalized spacial score (nSPS) is 12.6. The van der Waals surface area contributed by atoms with E-state index >= 15 is 0 Å². The minimum absolute atomic E-state index is 0. The number of halogens is 6. The monoisotopic (exact) mass is 748 g/mol. The van der Waals surface area contributed by atoms with E-state index in [1.54, 1.807) is 0 Å². The van der Waals surface area contributed by atoms with E-state index in [1.807, 2.05) is 36.4 Å². The van der Waals surface area contributed by atoms with Crippen molar-refractivity contribution in [2.75, 3.05) is 13.2 Å². The maximum atomic E-state index is 9.66. The van der Waals surface area contributed by atoms with Crippen molar-refractivity contribution in [1.82, 2.24) is 10.6 Å². The van der Waals surface area contributed by atoms with Gasteiger partial charge in [0.15, 0.2) is 0 Å². The first-order chi connectivity index (χ1) is 13.4. The lowest BCUT2D eigenvalue weighted by Crippen LogP contribution is -2.31. The van der Waals surface area contributed by atoms with Gasteiger partial charge in [-0.3, -0.25) is 10.6 Å². The molecular weight excluding hydrogens is 731 g/mol. The second-order valence-electron chi connectivity index (χ2n) is 5.85. The van der Waals surface area contributed by atoms with Crippen LogP contribution < -0.4 is 10.6 Å². The minimum atomic E-state index is -0.140. The van der Waals surface area contributed by atoms with Crippen molar-refractivity contribution in [2.45, 2.75) is 23.8 Å². The summed E-state index contributed by atoms with van der Waals surface area (Å²) < 4.78 is 4.02. The Morgan fingerprint density at radius 2 is 0.933 bits per heavy atom. The first-order valence-corrected chi connectivity index (χ1v) is 13.7. The molecule has 4 nitrogen and oxygen atoms in total. The van der Waals surface area contributed by atoms with E-state index in [4.69, 9.17) is 0 Å². The van der Waals surface area contributed by atoms with Crippen molar-refractivity contribution in [3.63, 3.8) is 0 Å². The summed E-state index contributed by atoms with van der Waals surface area (Å²) in [5.74, 6) is 0. The third kappa shape index (κ3) is 12.1. The third-order valence-corrected chi connectivity index (χ3v) is 8.30. The van der Waals surface area contributed by atoms with Crippen LogP contribution in [-0.2, 0) is 13.1 Å². The topological polar surface area (TPSA) is 64.5 Å². The number of nitrogens with one attached hydrogen (secondary N) is 2. The summed E-state index contributed by atoms with van der Waals surface area (Å²) in [6.45, 7) is 1.29. The molecule has 0 spiro atoms. The van der Waals surface area contributed by atoms with E-state index in [1.165, 1.54) is 21.6 Å². The Kier molecular flexibility index (Phi) is 17.8. The Hall–Kier alpha value is 1.48. The maximum Gasteiger partial charge on any atom is 0.0874 e. The third-order valence-electron chi connectivity index (χ3n) is 3.53. The fourth-order valence-corrected chi connectivity index (χ4v) is 7.33. The van der Waals surface area contributed by atoms with E-state index in [0.717, 1.165) is 29.0 Å². The number of aliphatic hydroxyl groups is 2. The van der Waals surface area contributed by atoms with Gasteiger partial charge in [-0.2, -0.15) is 0 Å². The molecule has 0 amide bonds. The van der Waals surface area contributed by atoms with E-state index in [0.29, 0.717) is 13.1 Å². The average Bonchev–Trinajstić information content (AvgIpc) is 2.62. The number of hydrogen-bond acceptors (Lipinski definition) is 6. The predicted molar refractivity (Wildman–Crippen MR) is 149 cm³/mol. The number of benzene rings is 2. The van der Waals surface area contributed by atoms with E-state index < -0.39 is 0 Å². The Labute approximate surface area is 231 Å². The number of hydrogen-bond donors (Lipinski definition) is 4. The highest BCUT2D eigenvalue weighted by molar-refractivity contribution is 9.11. The van der Waals surface area contributed by atoms with Gasteiger partial charge in [-0.05, 0) is 47.5 Å². The van der Waals surface area contributed by atoms with Crippen molar-refractivity contribution in [1.29, 1.82) is 0 Å². The van der Waals surface area contributed by atoms with Crippen LogP contribution in [0.5, 0.6) is 0 Å². The van der Waals surface area contributed by atoms with E-state index in [2.05, 4.69) is 74.4 Å². The van der Waals surface area contributed by atoms with Gasteiger partial charge < -0.3 is 10.2 Å². The molecule has 30 heavy (non-hydrogen) atoms. The van der Waals surface area contributed by atoms with Crippen LogP contribution in [0.15, 0.2) is 54.3 Å². The van der Waals surface area contributed by atoms with E-state index in [-0.39, 0.29) is 48.8 Å². The minimum Gasteiger partial charge on any atom is -0.394 e. The predicted octanol–water partition coefficient (Wildman–Crippen LogP) is 6.48. The summed E-state index contributed by atoms with van der Waals surface area (Å²) in [5.41, 5.74) is 2.23. The number of aliphatic hydroxyl groups excluding tert-OH is 2. The molecule has 0 aliphatic carbocycles. The largest absolute Gasteiger partial charge is 0.394 e. The van der Waals surface area contributed by atoms with Gasteiger partial charge in [0.05, 0.1) is 24.0 Å². The molecular formula is C18H22Br4Cl2N2O2S2. The molecule has 0 saturated carbocycles. The first-order valence-electron chi connectivity index (χ1n) is 8.30. The molecule has 2 aromatic rings. The standard InChI is InChI=1S/C18H20Br4N2O2S2.2ClH/c19-13-1-11(2-14(20)5-13)7-23-17(9-25)27-28-18(10-26)24-8-12-3-15(21)6-16(22)4-12;;/h1-6,17-18,23-26H,7-10H2;2*1H. The molecule has 0 fully saturated rings.